The normalized spacial score (nSPS) is 19.8. The van der Waals surface area contributed by atoms with E-state index in [0.29, 0.717) is 18.4 Å². The number of hydrazone groups is 1. The molecule has 0 radical (unpaired) electrons. The summed E-state index contributed by atoms with van der Waals surface area (Å²) in [6, 6.07) is 11.9. The maximum Gasteiger partial charge on any atom is 0.246 e. The zero-order chi connectivity index (χ0) is 19.3. The van der Waals surface area contributed by atoms with Gasteiger partial charge in [0.25, 0.3) is 0 Å². The summed E-state index contributed by atoms with van der Waals surface area (Å²) in [6.45, 7) is 4.01. The molecule has 2 aliphatic heterocycles. The highest BCUT2D eigenvalue weighted by Gasteiger charge is 2.35. The van der Waals surface area contributed by atoms with Gasteiger partial charge in [-0.2, -0.15) is 10.1 Å². The zero-order valence-electron chi connectivity index (χ0n) is 16.1. The number of ether oxygens (including phenoxy) is 1. The number of hydrogen-bond acceptors (Lipinski definition) is 6. The van der Waals surface area contributed by atoms with Crippen LogP contribution < -0.4 is 9.64 Å². The first-order valence-electron chi connectivity index (χ1n) is 9.87. The molecule has 1 saturated heterocycles. The molecule has 1 atom stereocenters. The molecule has 4 rings (SSSR count). The maximum absolute atomic E-state index is 13.1. The summed E-state index contributed by atoms with van der Waals surface area (Å²) in [5, 5.41) is 6.06. The van der Waals surface area contributed by atoms with Gasteiger partial charge in [-0.1, -0.05) is 30.3 Å². The van der Waals surface area contributed by atoms with Gasteiger partial charge in [0.05, 0.1) is 12.6 Å². The predicted molar refractivity (Wildman–Crippen MR) is 107 cm³/mol. The average Bonchev–Trinajstić information content (AvgIpc) is 3.24. The van der Waals surface area contributed by atoms with Crippen LogP contribution in [0.15, 0.2) is 47.7 Å². The van der Waals surface area contributed by atoms with Crippen molar-refractivity contribution in [3.63, 3.8) is 0 Å². The molecular formula is C21H25N5O2. The number of amides is 1. The quantitative estimate of drug-likeness (QED) is 0.798. The van der Waals surface area contributed by atoms with Crippen molar-refractivity contribution in [3.8, 4) is 5.88 Å². The van der Waals surface area contributed by atoms with Crippen molar-refractivity contribution in [3.05, 3.63) is 48.2 Å². The van der Waals surface area contributed by atoms with Gasteiger partial charge in [0.1, 0.15) is 0 Å². The lowest BCUT2D eigenvalue weighted by Crippen LogP contribution is -2.41. The molecule has 0 unspecified atom stereocenters. The minimum atomic E-state index is -0.0206. The third-order valence-corrected chi connectivity index (χ3v) is 5.28. The predicted octanol–water partition coefficient (Wildman–Crippen LogP) is 3.05. The summed E-state index contributed by atoms with van der Waals surface area (Å²) in [5.74, 6) is 1.35. The molecule has 0 bridgehead atoms. The minimum absolute atomic E-state index is 0.0120. The van der Waals surface area contributed by atoms with Crippen LogP contribution in [0.25, 0.3) is 0 Å². The first kappa shape index (κ1) is 18.4. The number of anilines is 1. The Bertz CT molecular complexity index is 834. The second-order valence-corrected chi connectivity index (χ2v) is 7.03. The monoisotopic (exact) mass is 379 g/mol. The van der Waals surface area contributed by atoms with Crippen molar-refractivity contribution in [2.24, 2.45) is 11.0 Å². The Hall–Kier alpha value is -2.96. The molecule has 146 valence electrons. The largest absolute Gasteiger partial charge is 0.478 e. The lowest BCUT2D eigenvalue weighted by Gasteiger charge is -2.33. The van der Waals surface area contributed by atoms with Crippen molar-refractivity contribution in [1.82, 2.24) is 15.0 Å². The molecule has 1 aromatic heterocycles. The van der Waals surface area contributed by atoms with Gasteiger partial charge in [-0.05, 0) is 25.3 Å². The molecule has 0 spiro atoms. The molecule has 0 aliphatic carbocycles. The first-order chi connectivity index (χ1) is 13.8. The Balaban J connectivity index is 1.39. The second kappa shape index (κ2) is 8.37. The Morgan fingerprint density at radius 2 is 1.96 bits per heavy atom. The molecule has 1 fully saturated rings. The topological polar surface area (TPSA) is 70.9 Å². The van der Waals surface area contributed by atoms with Crippen LogP contribution in [0.1, 0.15) is 37.8 Å². The Labute approximate surface area is 165 Å². The highest BCUT2D eigenvalue weighted by Crippen LogP contribution is 2.32. The molecule has 3 heterocycles. The van der Waals surface area contributed by atoms with Crippen LogP contribution in [-0.2, 0) is 4.79 Å². The van der Waals surface area contributed by atoms with E-state index in [0.717, 1.165) is 37.9 Å². The van der Waals surface area contributed by atoms with E-state index in [2.05, 4.69) is 32.1 Å². The molecule has 28 heavy (non-hydrogen) atoms. The summed E-state index contributed by atoms with van der Waals surface area (Å²) >= 11 is 0. The summed E-state index contributed by atoms with van der Waals surface area (Å²) in [6.07, 6.45) is 5.88. The number of nitrogens with zero attached hydrogens (tertiary/aromatic N) is 5. The zero-order valence-corrected chi connectivity index (χ0v) is 16.1. The molecule has 1 aromatic carbocycles. The number of benzene rings is 1. The highest BCUT2D eigenvalue weighted by molar-refractivity contribution is 5.82. The van der Waals surface area contributed by atoms with Gasteiger partial charge in [0.2, 0.25) is 17.7 Å². The van der Waals surface area contributed by atoms with Crippen molar-refractivity contribution in [2.75, 3.05) is 24.6 Å². The van der Waals surface area contributed by atoms with Crippen LogP contribution in [0.2, 0.25) is 0 Å². The molecule has 0 saturated carbocycles. The molecule has 7 nitrogen and oxygen atoms in total. The van der Waals surface area contributed by atoms with E-state index >= 15 is 0 Å². The first-order valence-corrected chi connectivity index (χ1v) is 9.87. The summed E-state index contributed by atoms with van der Waals surface area (Å²) < 4.78 is 5.46. The third kappa shape index (κ3) is 3.83. The van der Waals surface area contributed by atoms with Crippen molar-refractivity contribution in [2.45, 2.75) is 32.2 Å². The van der Waals surface area contributed by atoms with E-state index in [9.17, 15) is 4.79 Å². The summed E-state index contributed by atoms with van der Waals surface area (Å²) in [5.41, 5.74) is 1.13. The second-order valence-electron chi connectivity index (χ2n) is 7.03. The number of rotatable bonds is 5. The fourth-order valence-corrected chi connectivity index (χ4v) is 3.80. The van der Waals surface area contributed by atoms with Gasteiger partial charge in [-0.15, -0.1) is 0 Å². The van der Waals surface area contributed by atoms with Crippen LogP contribution >= 0.6 is 0 Å². The number of carbonyl (C=O) groups is 1. The van der Waals surface area contributed by atoms with Crippen molar-refractivity contribution < 1.29 is 9.53 Å². The number of aromatic nitrogens is 2. The van der Waals surface area contributed by atoms with Gasteiger partial charge >= 0.3 is 0 Å². The molecule has 7 heteroatoms. The van der Waals surface area contributed by atoms with Crippen LogP contribution in [0.3, 0.4) is 0 Å². The number of hydrogen-bond donors (Lipinski definition) is 0. The molecule has 0 N–H and O–H groups in total. The van der Waals surface area contributed by atoms with Gasteiger partial charge in [-0.25, -0.2) is 9.99 Å². The Morgan fingerprint density at radius 1 is 1.18 bits per heavy atom. The van der Waals surface area contributed by atoms with E-state index < -0.39 is 0 Å². The molecular weight excluding hydrogens is 354 g/mol. The van der Waals surface area contributed by atoms with E-state index in [4.69, 9.17) is 4.74 Å². The van der Waals surface area contributed by atoms with Gasteiger partial charge in [0.15, 0.2) is 0 Å². The SMILES string of the molecule is CCOc1ccnc(N2CCC(C(=O)N3N=CC[C@H]3c3ccccc3)CC2)n1. The van der Waals surface area contributed by atoms with Crippen LogP contribution in [0.4, 0.5) is 5.95 Å². The lowest BCUT2D eigenvalue weighted by atomic mass is 9.94. The third-order valence-electron chi connectivity index (χ3n) is 5.28. The summed E-state index contributed by atoms with van der Waals surface area (Å²) in [4.78, 5) is 24.0. The minimum Gasteiger partial charge on any atom is -0.478 e. The standard InChI is InChI=1S/C21H25N5O2/c1-2-28-19-9-12-22-21(24-19)25-14-10-17(11-15-25)20(27)26-18(8-13-23-26)16-6-4-3-5-7-16/h3-7,9,12-13,17-18H,2,8,10-11,14-15H2,1H3/t18-/m0/s1. The Kier molecular flexibility index (Phi) is 5.50. The highest BCUT2D eigenvalue weighted by atomic mass is 16.5. The summed E-state index contributed by atoms with van der Waals surface area (Å²) in [7, 11) is 0. The lowest BCUT2D eigenvalue weighted by molar-refractivity contribution is -0.138. The molecule has 2 aromatic rings. The fraction of sp³-hybridized carbons (Fsp3) is 0.429. The van der Waals surface area contributed by atoms with Crippen LogP contribution in [-0.4, -0.2) is 46.8 Å². The van der Waals surface area contributed by atoms with Gasteiger partial charge < -0.3 is 9.64 Å². The van der Waals surface area contributed by atoms with Gasteiger partial charge in [-0.3, -0.25) is 4.79 Å². The Morgan fingerprint density at radius 3 is 2.71 bits per heavy atom. The maximum atomic E-state index is 13.1. The van der Waals surface area contributed by atoms with E-state index in [-0.39, 0.29) is 17.9 Å². The van der Waals surface area contributed by atoms with E-state index in [1.807, 2.05) is 31.3 Å². The van der Waals surface area contributed by atoms with Crippen LogP contribution in [0, 0.1) is 5.92 Å². The van der Waals surface area contributed by atoms with Gasteiger partial charge in [0, 0.05) is 43.9 Å². The average molecular weight is 379 g/mol. The van der Waals surface area contributed by atoms with E-state index in [1.165, 1.54) is 0 Å². The fourth-order valence-electron chi connectivity index (χ4n) is 3.80. The molecule has 1 amide bonds. The van der Waals surface area contributed by atoms with Crippen molar-refractivity contribution in [1.29, 1.82) is 0 Å². The number of carbonyl (C=O) groups excluding carboxylic acids is 1. The van der Waals surface area contributed by atoms with Crippen molar-refractivity contribution >= 4 is 18.1 Å². The van der Waals surface area contributed by atoms with Crippen LogP contribution in [0.5, 0.6) is 5.88 Å². The molecule has 2 aliphatic rings. The number of piperidine rings is 1. The van der Waals surface area contributed by atoms with E-state index in [1.54, 1.807) is 17.3 Å². The smallest absolute Gasteiger partial charge is 0.246 e.